The maximum atomic E-state index is 15.4. The first-order valence-electron chi connectivity index (χ1n) is 11.2. The van der Waals surface area contributed by atoms with Crippen LogP contribution in [-0.4, -0.2) is 42.3 Å². The molecule has 0 aliphatic carbocycles. The van der Waals surface area contributed by atoms with Crippen molar-refractivity contribution in [1.82, 2.24) is 4.90 Å². The molecule has 0 saturated carbocycles. The molecule has 7 heteroatoms. The third-order valence-electron chi connectivity index (χ3n) is 5.73. The summed E-state index contributed by atoms with van der Waals surface area (Å²) in [6, 6.07) is 12.9. The van der Waals surface area contributed by atoms with Crippen LogP contribution < -0.4 is 4.90 Å². The van der Waals surface area contributed by atoms with Gasteiger partial charge in [-0.1, -0.05) is 36.4 Å². The Balaban J connectivity index is 1.44. The van der Waals surface area contributed by atoms with Crippen LogP contribution in [0.5, 0.6) is 0 Å². The summed E-state index contributed by atoms with van der Waals surface area (Å²) in [7, 11) is 0. The highest BCUT2D eigenvalue weighted by atomic mass is 19.1. The molecule has 0 atom stereocenters. The fourth-order valence-corrected chi connectivity index (χ4v) is 4.09. The molecular weight excluding hydrogens is 423 g/mol. The van der Waals surface area contributed by atoms with E-state index < -0.39 is 11.7 Å². The second-order valence-electron chi connectivity index (χ2n) is 9.27. The Morgan fingerprint density at radius 1 is 1.00 bits per heavy atom. The summed E-state index contributed by atoms with van der Waals surface area (Å²) in [5, 5.41) is 0. The summed E-state index contributed by atoms with van der Waals surface area (Å²) in [4.78, 5) is 28.0. The molecule has 2 aliphatic heterocycles. The van der Waals surface area contributed by atoms with Gasteiger partial charge in [-0.15, -0.1) is 0 Å². The second kappa shape index (κ2) is 9.25. The molecule has 0 radical (unpaired) electrons. The summed E-state index contributed by atoms with van der Waals surface area (Å²) >= 11 is 0. The van der Waals surface area contributed by atoms with Crippen LogP contribution in [0, 0.1) is 5.82 Å². The number of carbonyl (C=O) groups is 2. The van der Waals surface area contributed by atoms with Crippen LogP contribution in [-0.2, 0) is 22.5 Å². The number of nitrogens with zero attached hydrogens (tertiary/aromatic N) is 2. The van der Waals surface area contributed by atoms with Gasteiger partial charge in [0.05, 0.1) is 5.69 Å². The van der Waals surface area contributed by atoms with Crippen LogP contribution in [0.1, 0.15) is 43.9 Å². The first-order chi connectivity index (χ1) is 15.7. The largest absolute Gasteiger partial charge is 0.444 e. The van der Waals surface area contributed by atoms with Gasteiger partial charge < -0.3 is 14.4 Å². The minimum absolute atomic E-state index is 0.174. The normalized spacial score (nSPS) is 15.7. The molecule has 174 valence electrons. The number of fused-ring (bicyclic) bond motifs is 1. The van der Waals surface area contributed by atoms with E-state index in [1.165, 1.54) is 4.90 Å². The zero-order chi connectivity index (χ0) is 23.6. The van der Waals surface area contributed by atoms with Crippen molar-refractivity contribution in [2.75, 3.05) is 24.5 Å². The molecule has 2 heterocycles. The van der Waals surface area contributed by atoms with Crippen molar-refractivity contribution in [3.05, 3.63) is 71.0 Å². The monoisotopic (exact) mass is 452 g/mol. The number of hydrogen-bond donors (Lipinski definition) is 0. The topological polar surface area (TPSA) is 59.1 Å². The molecular formula is C26H29FN2O4. The Morgan fingerprint density at radius 3 is 2.42 bits per heavy atom. The molecule has 6 nitrogen and oxygen atoms in total. The van der Waals surface area contributed by atoms with Gasteiger partial charge in [-0.2, -0.15) is 0 Å². The fourth-order valence-electron chi connectivity index (χ4n) is 4.09. The minimum Gasteiger partial charge on any atom is -0.444 e. The molecule has 0 unspecified atom stereocenters. The van der Waals surface area contributed by atoms with Gasteiger partial charge in [0.25, 0.3) is 0 Å². The fraction of sp³-hybridized carbons (Fsp3) is 0.385. The van der Waals surface area contributed by atoms with E-state index in [1.54, 1.807) is 17.0 Å². The van der Waals surface area contributed by atoms with Gasteiger partial charge in [0.1, 0.15) is 18.0 Å². The first kappa shape index (κ1) is 22.8. The highest BCUT2D eigenvalue weighted by Crippen LogP contribution is 2.36. The van der Waals surface area contributed by atoms with Gasteiger partial charge in [0, 0.05) is 30.8 Å². The van der Waals surface area contributed by atoms with Crippen LogP contribution in [0.3, 0.4) is 0 Å². The second-order valence-corrected chi connectivity index (χ2v) is 9.27. The SMILES string of the molecule is CC(C)(C)OC(=O)N1CC=C(c2ccc3c(c2F)CCN3C(=O)OCc2ccccc2)CC1. The van der Waals surface area contributed by atoms with Gasteiger partial charge in [-0.3, -0.25) is 4.90 Å². The molecule has 2 aliphatic rings. The standard InChI is InChI=1S/C26H29FN2O4/c1-26(2,3)33-24(30)28-14-11-19(12-15-28)20-9-10-22-21(23(20)27)13-16-29(22)25(31)32-17-18-7-5-4-6-8-18/h4-11H,12-17H2,1-3H3. The van der Waals surface area contributed by atoms with Crippen molar-refractivity contribution in [2.45, 2.75) is 45.8 Å². The lowest BCUT2D eigenvalue weighted by Gasteiger charge is -2.29. The van der Waals surface area contributed by atoms with E-state index in [4.69, 9.17) is 9.47 Å². The number of halogens is 1. The van der Waals surface area contributed by atoms with Crippen molar-refractivity contribution in [3.63, 3.8) is 0 Å². The highest BCUT2D eigenvalue weighted by molar-refractivity contribution is 5.91. The zero-order valence-electron chi connectivity index (χ0n) is 19.3. The number of ether oxygens (including phenoxy) is 2. The van der Waals surface area contributed by atoms with E-state index in [9.17, 15) is 9.59 Å². The van der Waals surface area contributed by atoms with Crippen molar-refractivity contribution in [3.8, 4) is 0 Å². The maximum Gasteiger partial charge on any atom is 0.414 e. The lowest BCUT2D eigenvalue weighted by molar-refractivity contribution is 0.0270. The van der Waals surface area contributed by atoms with Crippen molar-refractivity contribution in [2.24, 2.45) is 0 Å². The van der Waals surface area contributed by atoms with Crippen LogP contribution >= 0.6 is 0 Å². The summed E-state index contributed by atoms with van der Waals surface area (Å²) < 4.78 is 26.2. The summed E-state index contributed by atoms with van der Waals surface area (Å²) in [5.41, 5.74) is 2.82. The van der Waals surface area contributed by atoms with Crippen molar-refractivity contribution in [1.29, 1.82) is 0 Å². The molecule has 0 fully saturated rings. The Labute approximate surface area is 193 Å². The van der Waals surface area contributed by atoms with Gasteiger partial charge >= 0.3 is 12.2 Å². The van der Waals surface area contributed by atoms with E-state index in [-0.39, 0.29) is 18.5 Å². The molecule has 2 amide bonds. The zero-order valence-corrected chi connectivity index (χ0v) is 19.3. The number of amides is 2. The third-order valence-corrected chi connectivity index (χ3v) is 5.73. The predicted molar refractivity (Wildman–Crippen MR) is 124 cm³/mol. The lowest BCUT2D eigenvalue weighted by atomic mass is 9.96. The Bertz CT molecular complexity index is 1080. The predicted octanol–water partition coefficient (Wildman–Crippen LogP) is 5.55. The van der Waals surface area contributed by atoms with Gasteiger partial charge in [0.2, 0.25) is 0 Å². The van der Waals surface area contributed by atoms with Crippen LogP contribution in [0.15, 0.2) is 48.5 Å². The number of hydrogen-bond acceptors (Lipinski definition) is 4. The number of rotatable bonds is 3. The van der Waals surface area contributed by atoms with E-state index in [2.05, 4.69) is 0 Å². The summed E-state index contributed by atoms with van der Waals surface area (Å²) in [6.45, 7) is 6.89. The van der Waals surface area contributed by atoms with Crippen LogP contribution in [0.25, 0.3) is 5.57 Å². The van der Waals surface area contributed by atoms with Crippen LogP contribution in [0.4, 0.5) is 19.7 Å². The van der Waals surface area contributed by atoms with Gasteiger partial charge in [-0.05, 0) is 56.9 Å². The average molecular weight is 453 g/mol. The quantitative estimate of drug-likeness (QED) is 0.613. The number of anilines is 1. The molecule has 0 N–H and O–H groups in total. The number of benzene rings is 2. The van der Waals surface area contributed by atoms with Gasteiger partial charge in [0.15, 0.2) is 0 Å². The van der Waals surface area contributed by atoms with Crippen molar-refractivity contribution < 1.29 is 23.5 Å². The van der Waals surface area contributed by atoms with Crippen LogP contribution in [0.2, 0.25) is 0 Å². The maximum absolute atomic E-state index is 15.4. The molecule has 4 rings (SSSR count). The molecule has 33 heavy (non-hydrogen) atoms. The molecule has 0 spiro atoms. The Hall–Kier alpha value is -3.35. The first-order valence-corrected chi connectivity index (χ1v) is 11.2. The van der Waals surface area contributed by atoms with Crippen molar-refractivity contribution >= 4 is 23.4 Å². The molecule has 0 aromatic heterocycles. The average Bonchev–Trinajstić information content (AvgIpc) is 3.23. The summed E-state index contributed by atoms with van der Waals surface area (Å²) in [6.07, 6.45) is 2.01. The summed E-state index contributed by atoms with van der Waals surface area (Å²) in [5.74, 6) is -0.303. The third kappa shape index (κ3) is 5.18. The van der Waals surface area contributed by atoms with E-state index in [0.717, 1.165) is 11.1 Å². The number of carbonyl (C=O) groups excluding carboxylic acids is 2. The molecule has 2 aromatic carbocycles. The van der Waals surface area contributed by atoms with E-state index in [0.29, 0.717) is 49.3 Å². The van der Waals surface area contributed by atoms with E-state index >= 15 is 4.39 Å². The lowest BCUT2D eigenvalue weighted by Crippen LogP contribution is -2.39. The molecule has 0 bridgehead atoms. The smallest absolute Gasteiger partial charge is 0.414 e. The minimum atomic E-state index is -0.554. The van der Waals surface area contributed by atoms with E-state index in [1.807, 2.05) is 57.2 Å². The Kier molecular flexibility index (Phi) is 6.40. The molecule has 0 saturated heterocycles. The molecule has 2 aromatic rings. The highest BCUT2D eigenvalue weighted by Gasteiger charge is 2.31. The Morgan fingerprint density at radius 2 is 1.76 bits per heavy atom. The van der Waals surface area contributed by atoms with Gasteiger partial charge in [-0.25, -0.2) is 14.0 Å².